The van der Waals surface area contributed by atoms with E-state index in [9.17, 15) is 29.1 Å². The quantitative estimate of drug-likeness (QED) is 0.151. The van der Waals surface area contributed by atoms with Crippen LogP contribution in [0.3, 0.4) is 0 Å². The number of nitrogens with two attached hydrogens (primary N) is 2. The first-order valence-electron chi connectivity index (χ1n) is 12.1. The van der Waals surface area contributed by atoms with Crippen molar-refractivity contribution in [1.82, 2.24) is 25.9 Å². The molecule has 0 fully saturated rings. The first kappa shape index (κ1) is 30.0. The lowest BCUT2D eigenvalue weighted by molar-refractivity contribution is -0.143. The summed E-state index contributed by atoms with van der Waals surface area (Å²) in [6.07, 6.45) is 2.85. The Kier molecular flexibility index (Phi) is 11.4. The molecule has 0 radical (unpaired) electrons. The minimum atomic E-state index is -1.55. The van der Waals surface area contributed by atoms with Crippen molar-refractivity contribution in [2.24, 2.45) is 17.4 Å². The fourth-order valence-electron chi connectivity index (χ4n) is 3.71. The molecule has 13 heteroatoms. The molecule has 1 aromatic heterocycles. The van der Waals surface area contributed by atoms with E-state index in [1.807, 2.05) is 19.9 Å². The standard InChI is InChI=1S/C25H35N7O6/c1-14(2)8-18(23(35)32-20(25(37)38)11-21(27)33)31-24(36)19(9-15-6-4-3-5-7-15)30-22(34)17(26)10-16-12-28-13-29-16/h3-7,12-14,17-20H,8-11,26H2,1-2H3,(H2,27,33)(H,28,29)(H,30,34)(H,31,36)(H,32,35)(H,37,38). The first-order chi connectivity index (χ1) is 18.0. The fraction of sp³-hybridized carbons (Fsp3) is 0.440. The summed E-state index contributed by atoms with van der Waals surface area (Å²) in [5.74, 6) is -4.42. The molecule has 4 amide bonds. The number of nitrogens with one attached hydrogen (secondary N) is 4. The maximum atomic E-state index is 13.4. The Balaban J connectivity index is 2.20. The molecular formula is C25H35N7O6. The monoisotopic (exact) mass is 529 g/mol. The van der Waals surface area contributed by atoms with Crippen LogP contribution in [0.1, 0.15) is 37.9 Å². The van der Waals surface area contributed by atoms with Gasteiger partial charge in [-0.25, -0.2) is 9.78 Å². The van der Waals surface area contributed by atoms with Gasteiger partial charge in [-0.1, -0.05) is 44.2 Å². The van der Waals surface area contributed by atoms with E-state index in [-0.39, 0.29) is 25.2 Å². The molecule has 2 rings (SSSR count). The van der Waals surface area contributed by atoms with Gasteiger partial charge in [0.25, 0.3) is 0 Å². The maximum absolute atomic E-state index is 13.4. The summed E-state index contributed by atoms with van der Waals surface area (Å²) >= 11 is 0. The number of aliphatic carboxylic acids is 1. The van der Waals surface area contributed by atoms with E-state index < -0.39 is 60.2 Å². The molecule has 2 aromatic rings. The number of carboxylic acids is 1. The summed E-state index contributed by atoms with van der Waals surface area (Å²) in [5, 5.41) is 16.9. The molecule has 4 unspecified atom stereocenters. The Labute approximate surface area is 220 Å². The van der Waals surface area contributed by atoms with E-state index in [1.165, 1.54) is 6.33 Å². The number of nitrogens with zero attached hydrogens (tertiary/aromatic N) is 1. The van der Waals surface area contributed by atoms with Gasteiger partial charge >= 0.3 is 5.97 Å². The second-order valence-corrected chi connectivity index (χ2v) is 9.40. The van der Waals surface area contributed by atoms with Crippen molar-refractivity contribution in [1.29, 1.82) is 0 Å². The van der Waals surface area contributed by atoms with E-state index in [0.717, 1.165) is 5.56 Å². The van der Waals surface area contributed by atoms with Crippen LogP contribution < -0.4 is 27.4 Å². The molecule has 0 aliphatic carbocycles. The third-order valence-corrected chi connectivity index (χ3v) is 5.61. The van der Waals surface area contributed by atoms with Crippen molar-refractivity contribution in [2.75, 3.05) is 0 Å². The maximum Gasteiger partial charge on any atom is 0.326 e. The van der Waals surface area contributed by atoms with Crippen molar-refractivity contribution in [3.05, 3.63) is 54.1 Å². The molecule has 0 bridgehead atoms. The van der Waals surface area contributed by atoms with E-state index in [4.69, 9.17) is 11.5 Å². The van der Waals surface area contributed by atoms with Crippen LogP contribution in [-0.4, -0.2) is 68.8 Å². The summed E-state index contributed by atoms with van der Waals surface area (Å²) in [5.41, 5.74) is 12.5. The number of aromatic nitrogens is 2. The highest BCUT2D eigenvalue weighted by molar-refractivity contribution is 5.95. The van der Waals surface area contributed by atoms with Gasteiger partial charge in [-0.2, -0.15) is 0 Å². The molecule has 4 atom stereocenters. The average Bonchev–Trinajstić information content (AvgIpc) is 3.35. The highest BCUT2D eigenvalue weighted by Gasteiger charge is 2.31. The number of benzene rings is 1. The third kappa shape index (κ3) is 10.0. The molecule has 0 spiro atoms. The predicted molar refractivity (Wildman–Crippen MR) is 137 cm³/mol. The van der Waals surface area contributed by atoms with Gasteiger partial charge in [-0.15, -0.1) is 0 Å². The lowest BCUT2D eigenvalue weighted by atomic mass is 10.00. The molecule has 0 saturated carbocycles. The van der Waals surface area contributed by atoms with Crippen LogP contribution >= 0.6 is 0 Å². The number of hydrogen-bond acceptors (Lipinski definition) is 7. The van der Waals surface area contributed by atoms with Crippen molar-refractivity contribution in [3.63, 3.8) is 0 Å². The summed E-state index contributed by atoms with van der Waals surface area (Å²) in [6, 6.07) is 4.23. The largest absolute Gasteiger partial charge is 0.480 e. The van der Waals surface area contributed by atoms with Crippen LogP contribution in [0.25, 0.3) is 0 Å². The summed E-state index contributed by atoms with van der Waals surface area (Å²) in [7, 11) is 0. The van der Waals surface area contributed by atoms with Crippen LogP contribution in [0.15, 0.2) is 42.9 Å². The highest BCUT2D eigenvalue weighted by atomic mass is 16.4. The number of carboxylic acid groups (broad SMARTS) is 1. The Morgan fingerprint density at radius 3 is 2.08 bits per heavy atom. The number of imidazole rings is 1. The molecule has 0 saturated heterocycles. The van der Waals surface area contributed by atoms with Gasteiger partial charge in [0.05, 0.1) is 18.8 Å². The van der Waals surface area contributed by atoms with Gasteiger partial charge in [-0.3, -0.25) is 19.2 Å². The van der Waals surface area contributed by atoms with Crippen LogP contribution in [-0.2, 0) is 36.8 Å². The minimum absolute atomic E-state index is 0.0598. The van der Waals surface area contributed by atoms with Gasteiger partial charge in [0.1, 0.15) is 18.1 Å². The number of aromatic amines is 1. The van der Waals surface area contributed by atoms with Crippen LogP contribution in [0.5, 0.6) is 0 Å². The molecule has 0 aliphatic heterocycles. The van der Waals surface area contributed by atoms with Crippen molar-refractivity contribution >= 4 is 29.6 Å². The SMILES string of the molecule is CC(C)CC(NC(=O)C(Cc1ccccc1)NC(=O)C(N)Cc1cnc[nH]1)C(=O)NC(CC(N)=O)C(=O)O. The van der Waals surface area contributed by atoms with Crippen molar-refractivity contribution in [3.8, 4) is 0 Å². The lowest BCUT2D eigenvalue weighted by Crippen LogP contribution is -2.58. The van der Waals surface area contributed by atoms with E-state index >= 15 is 0 Å². The molecule has 206 valence electrons. The van der Waals surface area contributed by atoms with Crippen LogP contribution in [0.2, 0.25) is 0 Å². The predicted octanol–water partition coefficient (Wildman–Crippen LogP) is -1.02. The van der Waals surface area contributed by atoms with Gasteiger partial charge < -0.3 is 37.5 Å². The number of amides is 4. The molecule has 0 aliphatic rings. The van der Waals surface area contributed by atoms with Gasteiger partial charge in [0.15, 0.2) is 0 Å². The number of H-pyrrole nitrogens is 1. The van der Waals surface area contributed by atoms with Gasteiger partial charge in [0.2, 0.25) is 23.6 Å². The van der Waals surface area contributed by atoms with Crippen molar-refractivity contribution in [2.45, 2.75) is 63.7 Å². The van der Waals surface area contributed by atoms with Crippen molar-refractivity contribution < 1.29 is 29.1 Å². The average molecular weight is 530 g/mol. The molecule has 1 aromatic carbocycles. The second-order valence-electron chi connectivity index (χ2n) is 9.40. The molecule has 13 nitrogen and oxygen atoms in total. The topological polar surface area (TPSA) is 222 Å². The van der Waals surface area contributed by atoms with Gasteiger partial charge in [-0.05, 0) is 17.9 Å². The van der Waals surface area contributed by atoms with Crippen LogP contribution in [0.4, 0.5) is 0 Å². The zero-order valence-electron chi connectivity index (χ0n) is 21.3. The Bertz CT molecular complexity index is 1090. The van der Waals surface area contributed by atoms with E-state index in [2.05, 4.69) is 25.9 Å². The first-order valence-corrected chi connectivity index (χ1v) is 12.1. The number of hydrogen-bond donors (Lipinski definition) is 7. The lowest BCUT2D eigenvalue weighted by Gasteiger charge is -2.26. The number of rotatable bonds is 15. The molecule has 1 heterocycles. The third-order valence-electron chi connectivity index (χ3n) is 5.61. The number of primary amides is 1. The smallest absolute Gasteiger partial charge is 0.326 e. The number of carbonyl (C=O) groups is 5. The Morgan fingerprint density at radius 2 is 1.53 bits per heavy atom. The zero-order chi connectivity index (χ0) is 28.2. The zero-order valence-corrected chi connectivity index (χ0v) is 21.3. The summed E-state index contributed by atoms with van der Waals surface area (Å²) in [4.78, 5) is 68.6. The fourth-order valence-corrected chi connectivity index (χ4v) is 3.71. The van der Waals surface area contributed by atoms with E-state index in [0.29, 0.717) is 5.69 Å². The Hall–Kier alpha value is -4.26. The highest BCUT2D eigenvalue weighted by Crippen LogP contribution is 2.09. The summed E-state index contributed by atoms with van der Waals surface area (Å²) < 4.78 is 0. The molecule has 9 N–H and O–H groups in total. The Morgan fingerprint density at radius 1 is 0.921 bits per heavy atom. The number of carbonyl (C=O) groups excluding carboxylic acids is 4. The molecular weight excluding hydrogens is 494 g/mol. The normalized spacial score (nSPS) is 14.1. The second kappa shape index (κ2) is 14.5. The van der Waals surface area contributed by atoms with Gasteiger partial charge in [0, 0.05) is 24.7 Å². The van der Waals surface area contributed by atoms with E-state index in [1.54, 1.807) is 30.5 Å². The minimum Gasteiger partial charge on any atom is -0.480 e. The van der Waals surface area contributed by atoms with Crippen LogP contribution in [0, 0.1) is 5.92 Å². The molecule has 38 heavy (non-hydrogen) atoms. The summed E-state index contributed by atoms with van der Waals surface area (Å²) in [6.45, 7) is 3.64.